The molecule has 4 nitrogen and oxygen atoms in total. The van der Waals surface area contributed by atoms with Gasteiger partial charge in [0.2, 0.25) is 6.79 Å². The van der Waals surface area contributed by atoms with Crippen LogP contribution in [0, 0.1) is 0 Å². The topological polar surface area (TPSA) is 60.3 Å². The van der Waals surface area contributed by atoms with E-state index in [1.165, 1.54) is 0 Å². The monoisotopic (exact) mass is 230 g/mol. The first-order chi connectivity index (χ1) is 8.38. The van der Waals surface area contributed by atoms with Crippen LogP contribution < -0.4 is 15.2 Å². The van der Waals surface area contributed by atoms with Crippen molar-refractivity contribution in [3.8, 4) is 11.5 Å². The Morgan fingerprint density at radius 1 is 1.24 bits per heavy atom. The van der Waals surface area contributed by atoms with E-state index < -0.39 is 0 Å². The zero-order valence-electron chi connectivity index (χ0n) is 9.35. The van der Waals surface area contributed by atoms with Gasteiger partial charge in [0.25, 0.3) is 0 Å². The van der Waals surface area contributed by atoms with Gasteiger partial charge in [0.05, 0.1) is 0 Å². The Morgan fingerprint density at radius 2 is 2.12 bits per heavy atom. The van der Waals surface area contributed by atoms with Crippen LogP contribution in [0.2, 0.25) is 0 Å². The lowest BCUT2D eigenvalue weighted by Crippen LogP contribution is -2.14. The number of aromatic nitrogens is 1. The fraction of sp³-hybridized carbons (Fsp3) is 0.231. The van der Waals surface area contributed by atoms with Gasteiger partial charge in [-0.3, -0.25) is 0 Å². The van der Waals surface area contributed by atoms with Gasteiger partial charge >= 0.3 is 0 Å². The Bertz CT molecular complexity index is 508. The Kier molecular flexibility index (Phi) is 2.49. The van der Waals surface area contributed by atoms with Crippen molar-refractivity contribution in [3.63, 3.8) is 0 Å². The number of hydrogen-bond donors (Lipinski definition) is 2. The summed E-state index contributed by atoms with van der Waals surface area (Å²) in [5.41, 5.74) is 8.10. The van der Waals surface area contributed by atoms with E-state index in [4.69, 9.17) is 15.2 Å². The molecular weight excluding hydrogens is 216 g/mol. The van der Waals surface area contributed by atoms with Gasteiger partial charge in [-0.2, -0.15) is 0 Å². The van der Waals surface area contributed by atoms with Gasteiger partial charge in [-0.15, -0.1) is 0 Å². The predicted octanol–water partition coefficient (Wildman–Crippen LogP) is 1.83. The molecule has 0 aliphatic carbocycles. The fourth-order valence-electron chi connectivity index (χ4n) is 2.13. The van der Waals surface area contributed by atoms with E-state index in [0.717, 1.165) is 22.8 Å². The van der Waals surface area contributed by atoms with Crippen LogP contribution in [0.1, 0.15) is 17.2 Å². The van der Waals surface area contributed by atoms with Crippen LogP contribution >= 0.6 is 0 Å². The van der Waals surface area contributed by atoms with Crippen LogP contribution in [0.4, 0.5) is 0 Å². The SMILES string of the molecule is NCC(c1ccc2c(c1)OCO2)c1ccc[nH]1. The number of ether oxygens (including phenoxy) is 2. The van der Waals surface area contributed by atoms with Crippen molar-refractivity contribution in [3.05, 3.63) is 47.8 Å². The molecule has 0 spiro atoms. The number of H-pyrrole nitrogens is 1. The average molecular weight is 230 g/mol. The number of nitrogens with one attached hydrogen (secondary N) is 1. The molecule has 0 saturated heterocycles. The smallest absolute Gasteiger partial charge is 0.231 e. The average Bonchev–Trinajstić information content (AvgIpc) is 2.99. The first-order valence-corrected chi connectivity index (χ1v) is 5.61. The third-order valence-electron chi connectivity index (χ3n) is 3.03. The van der Waals surface area contributed by atoms with Crippen LogP contribution in [0.3, 0.4) is 0 Å². The van der Waals surface area contributed by atoms with Crippen molar-refractivity contribution in [2.75, 3.05) is 13.3 Å². The molecule has 3 rings (SSSR count). The minimum absolute atomic E-state index is 0.166. The van der Waals surface area contributed by atoms with E-state index in [1.54, 1.807) is 0 Å². The van der Waals surface area contributed by atoms with Crippen LogP contribution in [0.15, 0.2) is 36.5 Å². The largest absolute Gasteiger partial charge is 0.454 e. The Balaban J connectivity index is 1.97. The molecule has 1 aromatic carbocycles. The maximum absolute atomic E-state index is 5.85. The molecule has 3 N–H and O–H groups in total. The number of hydrogen-bond acceptors (Lipinski definition) is 3. The van der Waals surface area contributed by atoms with E-state index in [9.17, 15) is 0 Å². The minimum Gasteiger partial charge on any atom is -0.454 e. The van der Waals surface area contributed by atoms with Crippen LogP contribution in [0.25, 0.3) is 0 Å². The lowest BCUT2D eigenvalue weighted by atomic mass is 9.95. The third kappa shape index (κ3) is 1.76. The van der Waals surface area contributed by atoms with Crippen molar-refractivity contribution in [2.24, 2.45) is 5.73 Å². The minimum atomic E-state index is 0.166. The number of fused-ring (bicyclic) bond motifs is 1. The van der Waals surface area contributed by atoms with Gasteiger partial charge in [-0.1, -0.05) is 6.07 Å². The number of nitrogens with two attached hydrogens (primary N) is 1. The second-order valence-electron chi connectivity index (χ2n) is 4.03. The zero-order chi connectivity index (χ0) is 11.7. The highest BCUT2D eigenvalue weighted by atomic mass is 16.7. The quantitative estimate of drug-likeness (QED) is 0.845. The van der Waals surface area contributed by atoms with E-state index in [1.807, 2.05) is 36.5 Å². The first kappa shape index (κ1) is 10.2. The van der Waals surface area contributed by atoms with Gasteiger partial charge in [-0.25, -0.2) is 0 Å². The van der Waals surface area contributed by atoms with Crippen LogP contribution in [0.5, 0.6) is 11.5 Å². The summed E-state index contributed by atoms with van der Waals surface area (Å²) >= 11 is 0. The molecule has 1 atom stereocenters. The molecule has 0 bridgehead atoms. The van der Waals surface area contributed by atoms with Crippen molar-refractivity contribution in [2.45, 2.75) is 5.92 Å². The van der Waals surface area contributed by atoms with E-state index in [-0.39, 0.29) is 5.92 Å². The summed E-state index contributed by atoms with van der Waals surface area (Å²) in [6.45, 7) is 0.856. The molecule has 1 unspecified atom stereocenters. The van der Waals surface area contributed by atoms with Gasteiger partial charge in [-0.05, 0) is 29.8 Å². The summed E-state index contributed by atoms with van der Waals surface area (Å²) in [6.07, 6.45) is 1.91. The first-order valence-electron chi connectivity index (χ1n) is 5.61. The Morgan fingerprint density at radius 3 is 2.88 bits per heavy atom. The molecular formula is C13H14N2O2. The number of aromatic amines is 1. The molecule has 17 heavy (non-hydrogen) atoms. The predicted molar refractivity (Wildman–Crippen MR) is 64.3 cm³/mol. The second kappa shape index (κ2) is 4.14. The summed E-state index contributed by atoms with van der Waals surface area (Å²) < 4.78 is 10.7. The molecule has 0 saturated carbocycles. The maximum Gasteiger partial charge on any atom is 0.231 e. The van der Waals surface area contributed by atoms with Gasteiger partial charge in [0, 0.05) is 24.4 Å². The molecule has 1 aromatic heterocycles. The maximum atomic E-state index is 5.85. The molecule has 2 heterocycles. The molecule has 2 aromatic rings. The van der Waals surface area contributed by atoms with Crippen molar-refractivity contribution < 1.29 is 9.47 Å². The van der Waals surface area contributed by atoms with Crippen molar-refractivity contribution >= 4 is 0 Å². The highest BCUT2D eigenvalue weighted by Crippen LogP contribution is 2.35. The van der Waals surface area contributed by atoms with Crippen LogP contribution in [-0.4, -0.2) is 18.3 Å². The highest BCUT2D eigenvalue weighted by Gasteiger charge is 2.18. The lowest BCUT2D eigenvalue weighted by molar-refractivity contribution is 0.174. The normalized spacial score (nSPS) is 14.9. The lowest BCUT2D eigenvalue weighted by Gasteiger charge is -2.14. The van der Waals surface area contributed by atoms with Crippen molar-refractivity contribution in [1.82, 2.24) is 4.98 Å². The van der Waals surface area contributed by atoms with Gasteiger partial charge in [0.1, 0.15) is 0 Å². The standard InChI is InChI=1S/C13H14N2O2/c14-7-10(11-2-1-5-15-11)9-3-4-12-13(6-9)17-8-16-12/h1-6,10,15H,7-8,14H2. The van der Waals surface area contributed by atoms with E-state index in [0.29, 0.717) is 13.3 Å². The van der Waals surface area contributed by atoms with Gasteiger partial charge < -0.3 is 20.2 Å². The number of benzene rings is 1. The fourth-order valence-corrected chi connectivity index (χ4v) is 2.13. The molecule has 0 amide bonds. The van der Waals surface area contributed by atoms with E-state index in [2.05, 4.69) is 4.98 Å². The second-order valence-corrected chi connectivity index (χ2v) is 4.03. The van der Waals surface area contributed by atoms with E-state index >= 15 is 0 Å². The summed E-state index contributed by atoms with van der Waals surface area (Å²) in [5.74, 6) is 1.77. The third-order valence-corrected chi connectivity index (χ3v) is 3.03. The number of rotatable bonds is 3. The molecule has 4 heteroatoms. The highest BCUT2D eigenvalue weighted by molar-refractivity contribution is 5.46. The summed E-state index contributed by atoms with van der Waals surface area (Å²) in [6, 6.07) is 9.99. The molecule has 1 aliphatic heterocycles. The molecule has 88 valence electrons. The van der Waals surface area contributed by atoms with Crippen LogP contribution in [-0.2, 0) is 0 Å². The Hall–Kier alpha value is -1.94. The summed E-state index contributed by atoms with van der Waals surface area (Å²) in [5, 5.41) is 0. The summed E-state index contributed by atoms with van der Waals surface area (Å²) in [7, 11) is 0. The molecule has 1 aliphatic rings. The molecule has 0 radical (unpaired) electrons. The van der Waals surface area contributed by atoms with Gasteiger partial charge in [0.15, 0.2) is 11.5 Å². The summed E-state index contributed by atoms with van der Waals surface area (Å²) in [4.78, 5) is 3.20. The zero-order valence-corrected chi connectivity index (χ0v) is 9.35. The van der Waals surface area contributed by atoms with Crippen molar-refractivity contribution in [1.29, 1.82) is 0 Å². The molecule has 0 fully saturated rings. The Labute approximate surface area is 99.4 Å².